The van der Waals surface area contributed by atoms with Crippen LogP contribution in [0, 0.1) is 0 Å². The second kappa shape index (κ2) is 5.70. The monoisotopic (exact) mass is 246 g/mol. The number of hydrogen-bond donors (Lipinski definition) is 5. The Bertz CT molecular complexity index is 215. The minimum atomic E-state index is -4.79. The van der Waals surface area contributed by atoms with Crippen molar-refractivity contribution in [3.63, 3.8) is 0 Å². The molecule has 0 aliphatic rings. The van der Waals surface area contributed by atoms with Crippen LogP contribution in [-0.2, 0) is 9.13 Å². The van der Waals surface area contributed by atoms with Gasteiger partial charge in [0.25, 0.3) is 0 Å². The summed E-state index contributed by atoms with van der Waals surface area (Å²) >= 11 is 0. The second-order valence-corrected chi connectivity index (χ2v) is 5.39. The van der Waals surface area contributed by atoms with E-state index in [1.807, 2.05) is 0 Å². The van der Waals surface area contributed by atoms with Crippen LogP contribution in [0.4, 0.5) is 0 Å². The van der Waals surface area contributed by atoms with Crippen LogP contribution in [0.3, 0.4) is 0 Å². The third-order valence-corrected chi connectivity index (χ3v) is 2.86. The molecule has 0 aromatic rings. The van der Waals surface area contributed by atoms with Crippen molar-refractivity contribution in [1.29, 1.82) is 0 Å². The van der Waals surface area contributed by atoms with Crippen LogP contribution in [0.15, 0.2) is 0 Å². The average Bonchev–Trinajstić information content (AvgIpc) is 1.56. The van der Waals surface area contributed by atoms with E-state index in [9.17, 15) is 9.13 Å². The summed E-state index contributed by atoms with van der Waals surface area (Å²) in [7, 11) is -9.35. The van der Waals surface area contributed by atoms with Crippen LogP contribution in [0.2, 0.25) is 0 Å². The van der Waals surface area contributed by atoms with Crippen molar-refractivity contribution >= 4 is 66.6 Å². The Balaban J connectivity index is 0. The SMILES string of the molecule is O=P(O)(O)CC(O)P(=O)(O)O.[KH]. The van der Waals surface area contributed by atoms with Gasteiger partial charge in [-0.15, -0.1) is 0 Å². The Hall–Kier alpha value is 1.90. The summed E-state index contributed by atoms with van der Waals surface area (Å²) in [6, 6.07) is 0. The van der Waals surface area contributed by atoms with Gasteiger partial charge in [0.2, 0.25) is 0 Å². The van der Waals surface area contributed by atoms with Gasteiger partial charge in [-0.2, -0.15) is 0 Å². The summed E-state index contributed by atoms with van der Waals surface area (Å²) in [4.78, 5) is 32.7. The first-order valence-electron chi connectivity index (χ1n) is 2.41. The van der Waals surface area contributed by atoms with Gasteiger partial charge in [0, 0.05) is 0 Å². The maximum atomic E-state index is 10.1. The van der Waals surface area contributed by atoms with Gasteiger partial charge in [0.05, 0.1) is 6.16 Å². The second-order valence-electron chi connectivity index (χ2n) is 1.92. The molecule has 0 aromatic carbocycles. The van der Waals surface area contributed by atoms with Crippen LogP contribution in [0.1, 0.15) is 0 Å². The molecule has 0 aliphatic heterocycles. The molecule has 5 N–H and O–H groups in total. The van der Waals surface area contributed by atoms with Crippen molar-refractivity contribution in [3.8, 4) is 0 Å². The fourth-order valence-electron chi connectivity index (χ4n) is 0.319. The fourth-order valence-corrected chi connectivity index (χ4v) is 2.23. The molecule has 0 heterocycles. The first-order chi connectivity index (χ1) is 4.63. The van der Waals surface area contributed by atoms with Gasteiger partial charge in [-0.3, -0.25) is 9.13 Å². The fraction of sp³-hybridized carbons (Fsp3) is 1.00. The summed E-state index contributed by atoms with van der Waals surface area (Å²) < 4.78 is 20.2. The first kappa shape index (κ1) is 16.3. The molecular weight excluding hydrogens is 237 g/mol. The van der Waals surface area contributed by atoms with Crippen molar-refractivity contribution in [2.75, 3.05) is 6.16 Å². The van der Waals surface area contributed by atoms with E-state index in [0.717, 1.165) is 0 Å². The molecule has 0 saturated carbocycles. The molecule has 0 aliphatic carbocycles. The molecule has 70 valence electrons. The molecule has 12 heavy (non-hydrogen) atoms. The Morgan fingerprint density at radius 2 is 1.42 bits per heavy atom. The van der Waals surface area contributed by atoms with Crippen molar-refractivity contribution in [2.24, 2.45) is 0 Å². The van der Waals surface area contributed by atoms with Crippen LogP contribution >= 0.6 is 15.2 Å². The van der Waals surface area contributed by atoms with E-state index in [1.165, 1.54) is 0 Å². The van der Waals surface area contributed by atoms with E-state index in [-0.39, 0.29) is 51.4 Å². The molecule has 0 saturated heterocycles. The molecule has 0 fully saturated rings. The Labute approximate surface area is 111 Å². The molecule has 1 unspecified atom stereocenters. The molecule has 10 heteroatoms. The quantitative estimate of drug-likeness (QED) is 0.287. The third kappa shape index (κ3) is 8.49. The normalized spacial score (nSPS) is 15.1. The summed E-state index contributed by atoms with van der Waals surface area (Å²) in [5.41, 5.74) is 0. The zero-order chi connectivity index (χ0) is 9.28. The van der Waals surface area contributed by atoms with E-state index in [0.29, 0.717) is 0 Å². The Morgan fingerprint density at radius 1 is 1.08 bits per heavy atom. The van der Waals surface area contributed by atoms with E-state index in [4.69, 9.17) is 24.7 Å². The number of aliphatic hydroxyl groups is 1. The van der Waals surface area contributed by atoms with Crippen molar-refractivity contribution in [2.45, 2.75) is 5.85 Å². The van der Waals surface area contributed by atoms with Crippen LogP contribution in [0.5, 0.6) is 0 Å². The standard InChI is InChI=1S/C2H8O7P2.K.H/c3-2(11(7,8)9)1-10(4,5)6;;/h2-3H,1H2,(H2,4,5,6)(H2,7,8,9);;. The van der Waals surface area contributed by atoms with Crippen LogP contribution < -0.4 is 0 Å². The molecule has 0 radical (unpaired) electrons. The van der Waals surface area contributed by atoms with Gasteiger partial charge >= 0.3 is 66.6 Å². The van der Waals surface area contributed by atoms with Crippen LogP contribution in [0.25, 0.3) is 0 Å². The van der Waals surface area contributed by atoms with E-state index in [1.54, 1.807) is 0 Å². The first-order valence-corrected chi connectivity index (χ1v) is 5.89. The summed E-state index contributed by atoms with van der Waals surface area (Å²) in [6.07, 6.45) is -1.22. The molecule has 0 amide bonds. The van der Waals surface area contributed by atoms with E-state index in [2.05, 4.69) is 0 Å². The topological polar surface area (TPSA) is 135 Å². The third-order valence-electron chi connectivity index (χ3n) is 0.789. The molecule has 1 atom stereocenters. The molecular formula is C2H9KO7P2. The van der Waals surface area contributed by atoms with E-state index >= 15 is 0 Å². The number of rotatable bonds is 3. The van der Waals surface area contributed by atoms with Gasteiger partial charge < -0.3 is 24.7 Å². The molecule has 0 rings (SSSR count). The Morgan fingerprint density at radius 3 is 1.50 bits per heavy atom. The van der Waals surface area contributed by atoms with Gasteiger partial charge in [0.15, 0.2) is 5.85 Å². The van der Waals surface area contributed by atoms with Crippen molar-refractivity contribution < 1.29 is 33.8 Å². The summed E-state index contributed by atoms with van der Waals surface area (Å²) in [5, 5.41) is 8.47. The minimum absolute atomic E-state index is 0. The van der Waals surface area contributed by atoms with Crippen LogP contribution in [-0.4, -0.2) is 88.1 Å². The summed E-state index contributed by atoms with van der Waals surface area (Å²) in [5.74, 6) is -2.29. The zero-order valence-corrected chi connectivity index (χ0v) is 7.02. The predicted molar refractivity (Wildman–Crippen MR) is 42.1 cm³/mol. The molecule has 0 aromatic heterocycles. The zero-order valence-electron chi connectivity index (χ0n) is 5.23. The van der Waals surface area contributed by atoms with E-state index < -0.39 is 27.2 Å². The van der Waals surface area contributed by atoms with Gasteiger partial charge in [-0.25, -0.2) is 0 Å². The van der Waals surface area contributed by atoms with Crippen molar-refractivity contribution in [3.05, 3.63) is 0 Å². The molecule has 7 nitrogen and oxygen atoms in total. The van der Waals surface area contributed by atoms with Gasteiger partial charge in [0.1, 0.15) is 0 Å². The summed E-state index contributed by atoms with van der Waals surface area (Å²) in [6.45, 7) is 0. The average molecular weight is 246 g/mol. The number of hydrogen-bond acceptors (Lipinski definition) is 3. The predicted octanol–water partition coefficient (Wildman–Crippen LogP) is -1.99. The molecule has 0 bridgehead atoms. The Kier molecular flexibility index (Phi) is 7.76. The van der Waals surface area contributed by atoms with Gasteiger partial charge in [-0.05, 0) is 0 Å². The van der Waals surface area contributed by atoms with Gasteiger partial charge in [-0.1, -0.05) is 0 Å². The number of aliphatic hydroxyl groups excluding tert-OH is 1. The molecule has 0 spiro atoms. The van der Waals surface area contributed by atoms with Crippen molar-refractivity contribution in [1.82, 2.24) is 0 Å². The maximum absolute atomic E-state index is 10.1.